The summed E-state index contributed by atoms with van der Waals surface area (Å²) in [5.74, 6) is 0. The number of hydrogen-bond acceptors (Lipinski definition) is 4. The van der Waals surface area contributed by atoms with Crippen LogP contribution in [-0.2, 0) is 14.2 Å². The molecule has 2 heterocycles. The zero-order chi connectivity index (χ0) is 14.7. The summed E-state index contributed by atoms with van der Waals surface area (Å²) in [6.07, 6.45) is 4.78. The predicted octanol–water partition coefficient (Wildman–Crippen LogP) is 3.11. The van der Waals surface area contributed by atoms with Crippen LogP contribution >= 0.6 is 0 Å². The number of benzene rings is 1. The summed E-state index contributed by atoms with van der Waals surface area (Å²) < 4.78 is 16.1. The van der Waals surface area contributed by atoms with Crippen molar-refractivity contribution in [3.63, 3.8) is 0 Å². The Labute approximate surface area is 124 Å². The Morgan fingerprint density at radius 3 is 2.10 bits per heavy atom. The summed E-state index contributed by atoms with van der Waals surface area (Å²) >= 11 is 0. The van der Waals surface area contributed by atoms with Crippen LogP contribution in [0.2, 0.25) is 0 Å². The molecule has 1 aromatic heterocycles. The summed E-state index contributed by atoms with van der Waals surface area (Å²) in [7, 11) is 3.24. The van der Waals surface area contributed by atoms with Gasteiger partial charge in [0.05, 0.1) is 0 Å². The molecule has 0 N–H and O–H groups in total. The SMILES string of the molecule is COC1C=C(c2ccc(-c3ccncc3)cc2)C(OC)O1. The molecule has 0 spiro atoms. The zero-order valence-electron chi connectivity index (χ0n) is 12.0. The molecule has 1 aliphatic rings. The number of methoxy groups -OCH3 is 2. The Morgan fingerprint density at radius 1 is 0.857 bits per heavy atom. The van der Waals surface area contributed by atoms with Gasteiger partial charge in [-0.1, -0.05) is 24.3 Å². The number of aromatic nitrogens is 1. The first kappa shape index (κ1) is 13.9. The van der Waals surface area contributed by atoms with E-state index in [0.717, 1.165) is 22.3 Å². The number of pyridine rings is 1. The van der Waals surface area contributed by atoms with E-state index >= 15 is 0 Å². The maximum atomic E-state index is 5.60. The van der Waals surface area contributed by atoms with Crippen LogP contribution in [0.4, 0.5) is 0 Å². The van der Waals surface area contributed by atoms with Gasteiger partial charge in [-0.05, 0) is 34.9 Å². The topological polar surface area (TPSA) is 40.6 Å². The summed E-state index contributed by atoms with van der Waals surface area (Å²) in [5, 5.41) is 0. The number of rotatable bonds is 4. The second kappa shape index (κ2) is 6.18. The van der Waals surface area contributed by atoms with Gasteiger partial charge in [0.2, 0.25) is 0 Å². The van der Waals surface area contributed by atoms with Crippen molar-refractivity contribution in [2.24, 2.45) is 0 Å². The van der Waals surface area contributed by atoms with Crippen LogP contribution in [0.25, 0.3) is 16.7 Å². The van der Waals surface area contributed by atoms with E-state index in [0.29, 0.717) is 0 Å². The Kier molecular flexibility index (Phi) is 4.10. The molecule has 2 aromatic rings. The highest BCUT2D eigenvalue weighted by Crippen LogP contribution is 2.31. The number of hydrogen-bond donors (Lipinski definition) is 0. The lowest BCUT2D eigenvalue weighted by molar-refractivity contribution is -0.170. The summed E-state index contributed by atoms with van der Waals surface area (Å²) in [5.41, 5.74) is 4.36. The first-order valence-corrected chi connectivity index (χ1v) is 6.75. The highest BCUT2D eigenvalue weighted by Gasteiger charge is 2.27. The van der Waals surface area contributed by atoms with E-state index < -0.39 is 0 Å². The van der Waals surface area contributed by atoms with E-state index in [2.05, 4.69) is 29.2 Å². The zero-order valence-corrected chi connectivity index (χ0v) is 12.0. The van der Waals surface area contributed by atoms with Crippen molar-refractivity contribution in [1.82, 2.24) is 4.98 Å². The highest BCUT2D eigenvalue weighted by atomic mass is 16.8. The van der Waals surface area contributed by atoms with E-state index in [1.807, 2.05) is 18.2 Å². The second-order valence-corrected chi connectivity index (χ2v) is 4.74. The molecular formula is C17H17NO3. The van der Waals surface area contributed by atoms with Gasteiger partial charge in [-0.25, -0.2) is 0 Å². The number of ether oxygens (including phenoxy) is 3. The van der Waals surface area contributed by atoms with Gasteiger partial charge in [0.15, 0.2) is 12.6 Å². The van der Waals surface area contributed by atoms with Crippen LogP contribution in [0.15, 0.2) is 54.9 Å². The van der Waals surface area contributed by atoms with Crippen molar-refractivity contribution in [1.29, 1.82) is 0 Å². The summed E-state index contributed by atoms with van der Waals surface area (Å²) in [4.78, 5) is 4.03. The molecule has 0 radical (unpaired) electrons. The van der Waals surface area contributed by atoms with E-state index in [-0.39, 0.29) is 12.6 Å². The molecule has 0 amide bonds. The summed E-state index contributed by atoms with van der Waals surface area (Å²) in [6, 6.07) is 12.3. The van der Waals surface area contributed by atoms with E-state index in [9.17, 15) is 0 Å². The first-order chi connectivity index (χ1) is 10.3. The van der Waals surface area contributed by atoms with Crippen LogP contribution in [0.5, 0.6) is 0 Å². The standard InChI is InChI=1S/C17H17NO3/c1-19-16-11-15(17(20-2)21-16)14-5-3-12(4-6-14)13-7-9-18-10-8-13/h3-11,16-17H,1-2H3. The maximum absolute atomic E-state index is 5.60. The molecule has 2 unspecified atom stereocenters. The minimum absolute atomic E-state index is 0.357. The highest BCUT2D eigenvalue weighted by molar-refractivity contribution is 5.72. The van der Waals surface area contributed by atoms with Crippen molar-refractivity contribution in [3.8, 4) is 11.1 Å². The van der Waals surface area contributed by atoms with Crippen LogP contribution in [-0.4, -0.2) is 31.8 Å². The maximum Gasteiger partial charge on any atom is 0.187 e. The monoisotopic (exact) mass is 283 g/mol. The minimum Gasteiger partial charge on any atom is -0.352 e. The molecule has 0 fully saturated rings. The number of nitrogens with zero attached hydrogens (tertiary/aromatic N) is 1. The fraction of sp³-hybridized carbons (Fsp3) is 0.235. The average molecular weight is 283 g/mol. The molecule has 1 aromatic carbocycles. The Hall–Kier alpha value is -2.01. The van der Waals surface area contributed by atoms with Gasteiger partial charge < -0.3 is 14.2 Å². The molecule has 4 nitrogen and oxygen atoms in total. The normalized spacial score (nSPS) is 21.3. The van der Waals surface area contributed by atoms with Crippen LogP contribution in [0, 0.1) is 0 Å². The quantitative estimate of drug-likeness (QED) is 0.864. The lowest BCUT2D eigenvalue weighted by atomic mass is 10.0. The molecular weight excluding hydrogens is 266 g/mol. The van der Waals surface area contributed by atoms with Gasteiger partial charge >= 0.3 is 0 Å². The lowest BCUT2D eigenvalue weighted by Gasteiger charge is -2.14. The molecule has 0 saturated heterocycles. The van der Waals surface area contributed by atoms with Crippen molar-refractivity contribution < 1.29 is 14.2 Å². The molecule has 0 bridgehead atoms. The van der Waals surface area contributed by atoms with Gasteiger partial charge in [0.25, 0.3) is 0 Å². The molecule has 0 aliphatic carbocycles. The van der Waals surface area contributed by atoms with Crippen LogP contribution in [0.3, 0.4) is 0 Å². The molecule has 1 aliphatic heterocycles. The Morgan fingerprint density at radius 2 is 1.48 bits per heavy atom. The van der Waals surface area contributed by atoms with E-state index in [1.54, 1.807) is 26.6 Å². The third-order valence-electron chi connectivity index (χ3n) is 3.51. The predicted molar refractivity (Wildman–Crippen MR) is 80.3 cm³/mol. The second-order valence-electron chi connectivity index (χ2n) is 4.74. The van der Waals surface area contributed by atoms with Crippen molar-refractivity contribution in [2.45, 2.75) is 12.6 Å². The molecule has 108 valence electrons. The molecule has 2 atom stereocenters. The van der Waals surface area contributed by atoms with Crippen LogP contribution < -0.4 is 0 Å². The third kappa shape index (κ3) is 2.88. The molecule has 3 rings (SSSR count). The van der Waals surface area contributed by atoms with Gasteiger partial charge in [-0.15, -0.1) is 0 Å². The average Bonchev–Trinajstić information content (AvgIpc) is 2.99. The molecule has 21 heavy (non-hydrogen) atoms. The summed E-state index contributed by atoms with van der Waals surface area (Å²) in [6.45, 7) is 0. The molecule has 4 heteroatoms. The van der Waals surface area contributed by atoms with Gasteiger partial charge in [0, 0.05) is 32.2 Å². The Bertz CT molecular complexity index is 622. The van der Waals surface area contributed by atoms with E-state index in [1.165, 1.54) is 0 Å². The third-order valence-corrected chi connectivity index (χ3v) is 3.51. The van der Waals surface area contributed by atoms with Gasteiger partial charge in [-0.2, -0.15) is 0 Å². The van der Waals surface area contributed by atoms with Crippen LogP contribution in [0.1, 0.15) is 5.56 Å². The Balaban J connectivity index is 1.87. The van der Waals surface area contributed by atoms with Gasteiger partial charge in [0.1, 0.15) is 0 Å². The van der Waals surface area contributed by atoms with Crippen molar-refractivity contribution in [3.05, 3.63) is 60.4 Å². The fourth-order valence-corrected chi connectivity index (χ4v) is 2.40. The van der Waals surface area contributed by atoms with Crippen molar-refractivity contribution in [2.75, 3.05) is 14.2 Å². The lowest BCUT2D eigenvalue weighted by Crippen LogP contribution is -2.16. The van der Waals surface area contributed by atoms with Gasteiger partial charge in [-0.3, -0.25) is 4.98 Å². The minimum atomic E-state index is -0.387. The first-order valence-electron chi connectivity index (χ1n) is 6.75. The van der Waals surface area contributed by atoms with E-state index in [4.69, 9.17) is 14.2 Å². The smallest absolute Gasteiger partial charge is 0.187 e. The molecule has 0 saturated carbocycles. The fourth-order valence-electron chi connectivity index (χ4n) is 2.40. The van der Waals surface area contributed by atoms with Crippen molar-refractivity contribution >= 4 is 5.57 Å². The largest absolute Gasteiger partial charge is 0.352 e.